The summed E-state index contributed by atoms with van der Waals surface area (Å²) in [5, 5.41) is 14.9. The molecule has 1 atom stereocenters. The van der Waals surface area contributed by atoms with Crippen molar-refractivity contribution in [2.45, 2.75) is 51.2 Å². The largest absolute Gasteiger partial charge is 0.396 e. The summed E-state index contributed by atoms with van der Waals surface area (Å²) in [5.74, 6) is 1.21. The van der Waals surface area contributed by atoms with Crippen LogP contribution in [-0.4, -0.2) is 52.6 Å². The first-order valence-electron chi connectivity index (χ1n) is 10.2. The molecule has 1 unspecified atom stereocenters. The topological polar surface area (TPSA) is 71.6 Å². The number of nitrogens with zero attached hydrogens (tertiary/aromatic N) is 3. The number of benzene rings is 1. The van der Waals surface area contributed by atoms with Gasteiger partial charge in [0.15, 0.2) is 0 Å². The van der Waals surface area contributed by atoms with E-state index in [1.165, 1.54) is 12.8 Å². The number of aromatic nitrogens is 2. The van der Waals surface area contributed by atoms with E-state index in [0.717, 1.165) is 50.9 Å². The van der Waals surface area contributed by atoms with Gasteiger partial charge in [0.05, 0.1) is 12.6 Å². The third-order valence-corrected chi connectivity index (χ3v) is 6.37. The molecular weight excluding hydrogens is 378 g/mol. The van der Waals surface area contributed by atoms with Gasteiger partial charge in [-0.05, 0) is 81.3 Å². The van der Waals surface area contributed by atoms with Crippen LogP contribution >= 0.6 is 11.6 Å². The number of piperidine rings is 1. The van der Waals surface area contributed by atoms with Crippen molar-refractivity contribution in [2.24, 2.45) is 5.41 Å². The molecule has 1 N–H and O–H groups in total. The molecule has 3 heterocycles. The minimum absolute atomic E-state index is 0.0121. The van der Waals surface area contributed by atoms with E-state index in [0.29, 0.717) is 29.4 Å². The van der Waals surface area contributed by atoms with Gasteiger partial charge in [-0.15, -0.1) is 0 Å². The van der Waals surface area contributed by atoms with Crippen LogP contribution in [0.4, 0.5) is 0 Å². The molecule has 152 valence electrons. The predicted molar refractivity (Wildman–Crippen MR) is 107 cm³/mol. The monoisotopic (exact) mass is 405 g/mol. The minimum Gasteiger partial charge on any atom is -0.396 e. The first-order valence-corrected chi connectivity index (χ1v) is 10.6. The van der Waals surface area contributed by atoms with E-state index >= 15 is 0 Å². The maximum atomic E-state index is 10.1. The lowest BCUT2D eigenvalue weighted by Gasteiger charge is -2.42. The fourth-order valence-electron chi connectivity index (χ4n) is 4.29. The lowest BCUT2D eigenvalue weighted by atomic mass is 9.74. The van der Waals surface area contributed by atoms with Crippen molar-refractivity contribution in [1.82, 2.24) is 15.0 Å². The number of rotatable bonds is 6. The number of aliphatic hydroxyl groups excluding tert-OH is 1. The van der Waals surface area contributed by atoms with Gasteiger partial charge in [-0.25, -0.2) is 0 Å². The van der Waals surface area contributed by atoms with E-state index in [1.807, 2.05) is 24.3 Å². The molecule has 2 aromatic rings. The number of halogens is 1. The van der Waals surface area contributed by atoms with E-state index in [2.05, 4.69) is 15.0 Å². The second-order valence-corrected chi connectivity index (χ2v) is 8.58. The van der Waals surface area contributed by atoms with Crippen LogP contribution in [0.3, 0.4) is 0 Å². The standard InChI is InChI=1S/C21H28ClN3O3/c22-17-6-4-16(5-7-17)20-23-19(28-24-20)14-25-10-8-21(15-26,9-11-25)13-18-3-1-2-12-27-18/h4-7,18,26H,1-3,8-15H2. The fourth-order valence-corrected chi connectivity index (χ4v) is 4.42. The summed E-state index contributed by atoms with van der Waals surface area (Å²) in [6.07, 6.45) is 6.76. The number of aliphatic hydroxyl groups is 1. The van der Waals surface area contributed by atoms with Gasteiger partial charge in [-0.3, -0.25) is 4.90 Å². The van der Waals surface area contributed by atoms with Crippen molar-refractivity contribution in [1.29, 1.82) is 0 Å². The first-order chi connectivity index (χ1) is 13.7. The molecule has 0 spiro atoms. The Kier molecular flexibility index (Phi) is 6.31. The summed E-state index contributed by atoms with van der Waals surface area (Å²) < 4.78 is 11.4. The zero-order chi connectivity index (χ0) is 19.4. The Balaban J connectivity index is 1.32. The number of ether oxygens (including phenoxy) is 1. The predicted octanol–water partition coefficient (Wildman–Crippen LogP) is 3.92. The molecule has 2 aliphatic heterocycles. The Hall–Kier alpha value is -1.47. The Morgan fingerprint density at radius 1 is 1.18 bits per heavy atom. The molecule has 2 fully saturated rings. The lowest BCUT2D eigenvalue weighted by molar-refractivity contribution is -0.0493. The highest BCUT2D eigenvalue weighted by Gasteiger charge is 2.37. The molecular formula is C21H28ClN3O3. The summed E-state index contributed by atoms with van der Waals surface area (Å²) in [6, 6.07) is 7.42. The second-order valence-electron chi connectivity index (χ2n) is 8.15. The highest BCUT2D eigenvalue weighted by atomic mass is 35.5. The van der Waals surface area contributed by atoms with Crippen LogP contribution in [0.1, 0.15) is 44.4 Å². The highest BCUT2D eigenvalue weighted by Crippen LogP contribution is 2.38. The van der Waals surface area contributed by atoms with Crippen molar-refractivity contribution in [3.05, 3.63) is 35.2 Å². The maximum Gasteiger partial charge on any atom is 0.241 e. The number of likely N-dealkylation sites (tertiary alicyclic amines) is 1. The van der Waals surface area contributed by atoms with Crippen molar-refractivity contribution in [2.75, 3.05) is 26.3 Å². The molecule has 2 aliphatic rings. The maximum absolute atomic E-state index is 10.1. The summed E-state index contributed by atoms with van der Waals surface area (Å²) >= 11 is 5.93. The van der Waals surface area contributed by atoms with E-state index in [9.17, 15) is 5.11 Å². The molecule has 0 amide bonds. The van der Waals surface area contributed by atoms with Crippen LogP contribution in [0.25, 0.3) is 11.4 Å². The lowest BCUT2D eigenvalue weighted by Crippen LogP contribution is -2.44. The van der Waals surface area contributed by atoms with Gasteiger partial charge in [0.1, 0.15) is 0 Å². The van der Waals surface area contributed by atoms with Crippen LogP contribution in [0.15, 0.2) is 28.8 Å². The summed E-state index contributed by atoms with van der Waals surface area (Å²) in [6.45, 7) is 3.59. The van der Waals surface area contributed by atoms with Crippen molar-refractivity contribution >= 4 is 11.6 Å². The van der Waals surface area contributed by atoms with Crippen LogP contribution < -0.4 is 0 Å². The van der Waals surface area contributed by atoms with Crippen molar-refractivity contribution in [3.8, 4) is 11.4 Å². The van der Waals surface area contributed by atoms with E-state index in [1.54, 1.807) is 0 Å². The Bertz CT molecular complexity index is 751. The Labute approximate surface area is 170 Å². The SMILES string of the molecule is OCC1(CC2CCCCO2)CCN(Cc2nc(-c3ccc(Cl)cc3)no2)CC1. The minimum atomic E-state index is -0.0121. The summed E-state index contributed by atoms with van der Waals surface area (Å²) in [7, 11) is 0. The number of hydrogen-bond acceptors (Lipinski definition) is 6. The van der Waals surface area contributed by atoms with Crippen molar-refractivity contribution in [3.63, 3.8) is 0 Å². The van der Waals surface area contributed by atoms with E-state index in [-0.39, 0.29) is 12.0 Å². The average molecular weight is 406 g/mol. The normalized spacial score (nSPS) is 23.0. The molecule has 6 nitrogen and oxygen atoms in total. The smallest absolute Gasteiger partial charge is 0.241 e. The van der Waals surface area contributed by atoms with Crippen LogP contribution in [0.2, 0.25) is 5.02 Å². The molecule has 1 aromatic heterocycles. The molecule has 28 heavy (non-hydrogen) atoms. The Morgan fingerprint density at radius 3 is 2.64 bits per heavy atom. The van der Waals surface area contributed by atoms with Gasteiger partial charge >= 0.3 is 0 Å². The average Bonchev–Trinajstić information content (AvgIpc) is 3.19. The van der Waals surface area contributed by atoms with Gasteiger partial charge in [0.25, 0.3) is 0 Å². The molecule has 7 heteroatoms. The van der Waals surface area contributed by atoms with Gasteiger partial charge in [0.2, 0.25) is 11.7 Å². The molecule has 0 bridgehead atoms. The van der Waals surface area contributed by atoms with Gasteiger partial charge in [0, 0.05) is 23.8 Å². The third kappa shape index (κ3) is 4.74. The highest BCUT2D eigenvalue weighted by molar-refractivity contribution is 6.30. The molecule has 4 rings (SSSR count). The fraction of sp³-hybridized carbons (Fsp3) is 0.619. The zero-order valence-electron chi connectivity index (χ0n) is 16.1. The zero-order valence-corrected chi connectivity index (χ0v) is 16.9. The second kappa shape index (κ2) is 8.91. The van der Waals surface area contributed by atoms with E-state index in [4.69, 9.17) is 20.9 Å². The number of hydrogen-bond donors (Lipinski definition) is 1. The molecule has 1 aromatic carbocycles. The summed E-state index contributed by atoms with van der Waals surface area (Å²) in [4.78, 5) is 6.85. The quantitative estimate of drug-likeness (QED) is 0.785. The van der Waals surface area contributed by atoms with Gasteiger partial charge < -0.3 is 14.4 Å². The van der Waals surface area contributed by atoms with Crippen LogP contribution in [-0.2, 0) is 11.3 Å². The first kappa shape index (κ1) is 19.8. The van der Waals surface area contributed by atoms with Gasteiger partial charge in [-0.1, -0.05) is 16.8 Å². The van der Waals surface area contributed by atoms with Crippen LogP contribution in [0.5, 0.6) is 0 Å². The molecule has 2 saturated heterocycles. The molecule has 0 radical (unpaired) electrons. The van der Waals surface area contributed by atoms with Crippen molar-refractivity contribution < 1.29 is 14.4 Å². The Morgan fingerprint density at radius 2 is 1.96 bits per heavy atom. The molecule has 0 saturated carbocycles. The summed E-state index contributed by atoms with van der Waals surface area (Å²) in [5.41, 5.74) is 0.881. The third-order valence-electron chi connectivity index (χ3n) is 6.12. The van der Waals surface area contributed by atoms with E-state index < -0.39 is 0 Å². The van der Waals surface area contributed by atoms with Gasteiger partial charge in [-0.2, -0.15) is 4.98 Å². The van der Waals surface area contributed by atoms with Crippen LogP contribution in [0, 0.1) is 5.41 Å². The molecule has 0 aliphatic carbocycles.